The van der Waals surface area contributed by atoms with Gasteiger partial charge in [-0.1, -0.05) is 18.2 Å². The van der Waals surface area contributed by atoms with Crippen LogP contribution in [-0.4, -0.2) is 23.2 Å². The number of fused-ring (bicyclic) bond motifs is 1. The average molecular weight is 205 g/mol. The summed E-state index contributed by atoms with van der Waals surface area (Å²) in [4.78, 5) is 14.1. The molecule has 78 valence electrons. The molecule has 0 amide bonds. The van der Waals surface area contributed by atoms with Crippen molar-refractivity contribution in [1.29, 1.82) is 0 Å². The Morgan fingerprint density at radius 1 is 1.47 bits per heavy atom. The highest BCUT2D eigenvalue weighted by Crippen LogP contribution is 2.20. The predicted molar refractivity (Wildman–Crippen MR) is 55.3 cm³/mol. The van der Waals surface area contributed by atoms with Crippen LogP contribution in [0.3, 0.4) is 0 Å². The van der Waals surface area contributed by atoms with Crippen molar-refractivity contribution in [3.8, 4) is 0 Å². The number of para-hydroxylation sites is 1. The predicted octanol–water partition coefficient (Wildman–Crippen LogP) is 1.37. The number of aromatic amines is 1. The van der Waals surface area contributed by atoms with Crippen LogP contribution in [0.5, 0.6) is 0 Å². The van der Waals surface area contributed by atoms with Crippen LogP contribution in [0, 0.1) is 0 Å². The number of nitrogens with one attached hydrogen (secondary N) is 1. The van der Waals surface area contributed by atoms with Crippen LogP contribution in [-0.2, 0) is 9.53 Å². The molecule has 0 fully saturated rings. The van der Waals surface area contributed by atoms with Gasteiger partial charge in [0.2, 0.25) is 0 Å². The quantitative estimate of drug-likeness (QED) is 0.728. The molecular weight excluding hydrogens is 194 g/mol. The van der Waals surface area contributed by atoms with Gasteiger partial charge in [-0.25, -0.2) is 4.79 Å². The molecule has 1 aromatic carbocycles. The fourth-order valence-corrected chi connectivity index (χ4v) is 1.48. The number of esters is 1. The first kappa shape index (κ1) is 9.73. The number of ether oxygens (including phenoxy) is 1. The van der Waals surface area contributed by atoms with Crippen LogP contribution in [0.15, 0.2) is 30.3 Å². The number of benzene rings is 1. The minimum atomic E-state index is -1.25. The summed E-state index contributed by atoms with van der Waals surface area (Å²) >= 11 is 0. The van der Waals surface area contributed by atoms with Crippen molar-refractivity contribution in [2.75, 3.05) is 7.11 Å². The van der Waals surface area contributed by atoms with E-state index in [2.05, 4.69) is 9.72 Å². The average Bonchev–Trinajstić information content (AvgIpc) is 2.70. The molecule has 1 heterocycles. The third-order valence-corrected chi connectivity index (χ3v) is 2.27. The number of carbonyl (C=O) groups is 1. The second-order valence-corrected chi connectivity index (χ2v) is 3.24. The van der Waals surface area contributed by atoms with E-state index in [0.717, 1.165) is 10.9 Å². The Hall–Kier alpha value is -1.81. The largest absolute Gasteiger partial charge is 0.467 e. The molecule has 2 aromatic rings. The van der Waals surface area contributed by atoms with E-state index in [9.17, 15) is 9.90 Å². The third-order valence-electron chi connectivity index (χ3n) is 2.27. The molecule has 4 nitrogen and oxygen atoms in total. The fourth-order valence-electron chi connectivity index (χ4n) is 1.48. The minimum absolute atomic E-state index is 0.447. The zero-order valence-electron chi connectivity index (χ0n) is 8.23. The summed E-state index contributed by atoms with van der Waals surface area (Å²) in [6.07, 6.45) is -1.25. The van der Waals surface area contributed by atoms with E-state index < -0.39 is 12.1 Å². The van der Waals surface area contributed by atoms with Gasteiger partial charge in [0.15, 0.2) is 6.10 Å². The summed E-state index contributed by atoms with van der Waals surface area (Å²) in [5.41, 5.74) is 1.33. The fraction of sp³-hybridized carbons (Fsp3) is 0.182. The van der Waals surface area contributed by atoms with Crippen molar-refractivity contribution < 1.29 is 14.6 Å². The van der Waals surface area contributed by atoms with Gasteiger partial charge in [-0.2, -0.15) is 0 Å². The standard InChI is InChI=1S/C11H11NO3/c1-15-11(14)10(13)9-6-7-4-2-3-5-8(7)12-9/h2-6,10,12-13H,1H3. The van der Waals surface area contributed by atoms with E-state index in [1.165, 1.54) is 7.11 Å². The molecule has 1 aromatic heterocycles. The van der Waals surface area contributed by atoms with Crippen molar-refractivity contribution >= 4 is 16.9 Å². The number of aliphatic hydroxyl groups is 1. The molecule has 2 rings (SSSR count). The summed E-state index contributed by atoms with van der Waals surface area (Å²) in [6.45, 7) is 0. The Balaban J connectivity index is 2.40. The monoisotopic (exact) mass is 205 g/mol. The first-order valence-corrected chi connectivity index (χ1v) is 4.56. The topological polar surface area (TPSA) is 62.3 Å². The first-order valence-electron chi connectivity index (χ1n) is 4.56. The number of aliphatic hydroxyl groups excluding tert-OH is 1. The highest BCUT2D eigenvalue weighted by molar-refractivity contribution is 5.83. The number of aromatic nitrogens is 1. The van der Waals surface area contributed by atoms with E-state index in [1.54, 1.807) is 6.07 Å². The second-order valence-electron chi connectivity index (χ2n) is 3.24. The Kier molecular flexibility index (Phi) is 2.43. The molecule has 0 aliphatic rings. The van der Waals surface area contributed by atoms with Crippen LogP contribution < -0.4 is 0 Å². The van der Waals surface area contributed by atoms with E-state index in [1.807, 2.05) is 24.3 Å². The summed E-state index contributed by atoms with van der Waals surface area (Å²) in [5, 5.41) is 10.5. The van der Waals surface area contributed by atoms with Gasteiger partial charge in [-0.15, -0.1) is 0 Å². The summed E-state index contributed by atoms with van der Waals surface area (Å²) in [6, 6.07) is 9.29. The van der Waals surface area contributed by atoms with Crippen LogP contribution in [0.25, 0.3) is 10.9 Å². The molecule has 4 heteroatoms. The Labute approximate surface area is 86.5 Å². The Morgan fingerprint density at radius 3 is 2.87 bits per heavy atom. The van der Waals surface area contributed by atoms with Gasteiger partial charge in [-0.3, -0.25) is 0 Å². The van der Waals surface area contributed by atoms with Crippen LogP contribution in [0.4, 0.5) is 0 Å². The number of rotatable bonds is 2. The smallest absolute Gasteiger partial charge is 0.340 e. The SMILES string of the molecule is COC(=O)C(O)c1cc2ccccc2[nH]1. The van der Waals surface area contributed by atoms with E-state index >= 15 is 0 Å². The molecule has 0 spiro atoms. The lowest BCUT2D eigenvalue weighted by molar-refractivity contribution is -0.150. The van der Waals surface area contributed by atoms with Crippen molar-refractivity contribution in [2.45, 2.75) is 6.10 Å². The van der Waals surface area contributed by atoms with Gasteiger partial charge in [0, 0.05) is 5.52 Å². The Morgan fingerprint density at radius 2 is 2.20 bits per heavy atom. The van der Waals surface area contributed by atoms with Crippen LogP contribution in [0.1, 0.15) is 11.8 Å². The molecule has 0 radical (unpaired) electrons. The molecule has 1 unspecified atom stereocenters. The van der Waals surface area contributed by atoms with Gasteiger partial charge in [0.1, 0.15) is 0 Å². The van der Waals surface area contributed by atoms with Crippen LogP contribution >= 0.6 is 0 Å². The van der Waals surface area contributed by atoms with Gasteiger partial charge >= 0.3 is 5.97 Å². The number of hydrogen-bond acceptors (Lipinski definition) is 3. The van der Waals surface area contributed by atoms with Crippen molar-refractivity contribution in [1.82, 2.24) is 4.98 Å². The lowest BCUT2D eigenvalue weighted by atomic mass is 10.2. The van der Waals surface area contributed by atoms with Gasteiger partial charge < -0.3 is 14.8 Å². The van der Waals surface area contributed by atoms with Crippen molar-refractivity contribution in [3.63, 3.8) is 0 Å². The maximum absolute atomic E-state index is 11.1. The highest BCUT2D eigenvalue weighted by Gasteiger charge is 2.19. The van der Waals surface area contributed by atoms with E-state index in [0.29, 0.717) is 5.69 Å². The number of hydrogen-bond donors (Lipinski definition) is 2. The van der Waals surface area contributed by atoms with Gasteiger partial charge in [0.25, 0.3) is 0 Å². The third kappa shape index (κ3) is 1.71. The molecule has 0 aliphatic carbocycles. The molecule has 2 N–H and O–H groups in total. The lowest BCUT2D eigenvalue weighted by Gasteiger charge is -2.04. The first-order chi connectivity index (χ1) is 7.22. The molecule has 0 aliphatic heterocycles. The van der Waals surface area contributed by atoms with Crippen molar-refractivity contribution in [2.24, 2.45) is 0 Å². The molecule has 15 heavy (non-hydrogen) atoms. The molecule has 0 saturated heterocycles. The molecular formula is C11H11NO3. The number of carbonyl (C=O) groups excluding carboxylic acids is 1. The summed E-state index contributed by atoms with van der Waals surface area (Å²) in [7, 11) is 1.24. The zero-order valence-corrected chi connectivity index (χ0v) is 8.23. The molecule has 0 saturated carbocycles. The van der Waals surface area contributed by atoms with Crippen molar-refractivity contribution in [3.05, 3.63) is 36.0 Å². The second kappa shape index (κ2) is 3.74. The highest BCUT2D eigenvalue weighted by atomic mass is 16.5. The maximum atomic E-state index is 11.1. The van der Waals surface area contributed by atoms with Gasteiger partial charge in [0.05, 0.1) is 12.8 Å². The summed E-state index contributed by atoms with van der Waals surface area (Å²) in [5.74, 6) is -0.665. The summed E-state index contributed by atoms with van der Waals surface area (Å²) < 4.78 is 4.45. The molecule has 0 bridgehead atoms. The number of methoxy groups -OCH3 is 1. The normalized spacial score (nSPS) is 12.7. The van der Waals surface area contributed by atoms with Gasteiger partial charge in [-0.05, 0) is 17.5 Å². The Bertz CT molecular complexity index is 456. The maximum Gasteiger partial charge on any atom is 0.340 e. The van der Waals surface area contributed by atoms with E-state index in [4.69, 9.17) is 0 Å². The lowest BCUT2D eigenvalue weighted by Crippen LogP contribution is -2.13. The zero-order chi connectivity index (χ0) is 10.8. The van der Waals surface area contributed by atoms with E-state index in [-0.39, 0.29) is 0 Å². The number of H-pyrrole nitrogens is 1. The molecule has 1 atom stereocenters. The van der Waals surface area contributed by atoms with Crippen LogP contribution in [0.2, 0.25) is 0 Å². The minimum Gasteiger partial charge on any atom is -0.467 e.